The first-order valence-electron chi connectivity index (χ1n) is 7.58. The van der Waals surface area contributed by atoms with Gasteiger partial charge in [-0.2, -0.15) is 0 Å². The minimum atomic E-state index is -1.89. The highest BCUT2D eigenvalue weighted by atomic mass is 16.4. The van der Waals surface area contributed by atoms with Crippen molar-refractivity contribution in [3.63, 3.8) is 0 Å². The second-order valence-electron chi connectivity index (χ2n) is 5.63. The largest absolute Gasteiger partial charge is 0.507 e. The van der Waals surface area contributed by atoms with Crippen LogP contribution in [0.1, 0.15) is 31.8 Å². The van der Waals surface area contributed by atoms with Crippen molar-refractivity contribution in [3.05, 3.63) is 64.7 Å². The van der Waals surface area contributed by atoms with Gasteiger partial charge < -0.3 is 25.6 Å². The number of rotatable bonds is 6. The van der Waals surface area contributed by atoms with Gasteiger partial charge in [0, 0.05) is 5.56 Å². The Bertz CT molecular complexity index is 792. The lowest BCUT2D eigenvalue weighted by molar-refractivity contribution is 0.0693. The molecule has 0 aliphatic carbocycles. The molecular formula is C17H18BNO6. The van der Waals surface area contributed by atoms with Crippen molar-refractivity contribution in [2.45, 2.75) is 19.3 Å². The van der Waals surface area contributed by atoms with E-state index >= 15 is 0 Å². The molecule has 1 amide bonds. The molecule has 0 spiro atoms. The van der Waals surface area contributed by atoms with Crippen LogP contribution in [0.25, 0.3) is 0 Å². The van der Waals surface area contributed by atoms with Crippen LogP contribution < -0.4 is 5.32 Å². The third-order valence-corrected chi connectivity index (χ3v) is 3.86. The molecule has 0 radical (unpaired) electrons. The predicted molar refractivity (Wildman–Crippen MR) is 91.4 cm³/mol. The molecule has 0 saturated heterocycles. The van der Waals surface area contributed by atoms with Gasteiger partial charge in [0.2, 0.25) is 0 Å². The summed E-state index contributed by atoms with van der Waals surface area (Å²) in [6, 6.07) is 10.9. The molecule has 2 aromatic carbocycles. The average Bonchev–Trinajstić information content (AvgIpc) is 2.55. The highest BCUT2D eigenvalue weighted by molar-refractivity contribution is 6.43. The highest BCUT2D eigenvalue weighted by Gasteiger charge is 2.28. The Morgan fingerprint density at radius 1 is 1.08 bits per heavy atom. The van der Waals surface area contributed by atoms with Crippen LogP contribution in [-0.2, 0) is 6.42 Å². The number of hydrogen-bond acceptors (Lipinski definition) is 5. The third kappa shape index (κ3) is 4.37. The summed E-state index contributed by atoms with van der Waals surface area (Å²) in [4.78, 5) is 23.4. The lowest BCUT2D eigenvalue weighted by Crippen LogP contribution is -2.48. The fourth-order valence-electron chi connectivity index (χ4n) is 2.47. The number of nitrogens with one attached hydrogen (secondary N) is 1. The van der Waals surface area contributed by atoms with Crippen molar-refractivity contribution in [1.29, 1.82) is 0 Å². The van der Waals surface area contributed by atoms with E-state index < -0.39 is 30.7 Å². The van der Waals surface area contributed by atoms with Crippen LogP contribution in [-0.4, -0.2) is 45.2 Å². The number of aromatic carboxylic acids is 1. The van der Waals surface area contributed by atoms with Gasteiger partial charge >= 0.3 is 13.1 Å². The van der Waals surface area contributed by atoms with E-state index in [0.29, 0.717) is 5.56 Å². The number of carbonyl (C=O) groups is 2. The Hall–Kier alpha value is -2.84. The van der Waals surface area contributed by atoms with Crippen molar-refractivity contribution in [2.24, 2.45) is 0 Å². The molecule has 0 unspecified atom stereocenters. The van der Waals surface area contributed by atoms with Gasteiger partial charge in [-0.1, -0.05) is 30.3 Å². The van der Waals surface area contributed by atoms with Gasteiger partial charge in [-0.3, -0.25) is 4.79 Å². The lowest BCUT2D eigenvalue weighted by Gasteiger charge is -2.19. The van der Waals surface area contributed by atoms with Gasteiger partial charge in [0.05, 0.1) is 5.94 Å². The Balaban J connectivity index is 2.23. The van der Waals surface area contributed by atoms with Crippen LogP contribution in [0.15, 0.2) is 42.5 Å². The fraction of sp³-hybridized carbons (Fsp3) is 0.176. The quantitative estimate of drug-likeness (QED) is 0.493. The summed E-state index contributed by atoms with van der Waals surface area (Å²) in [7, 11) is -1.89. The van der Waals surface area contributed by atoms with Gasteiger partial charge in [0.15, 0.2) is 0 Å². The zero-order valence-corrected chi connectivity index (χ0v) is 13.5. The number of para-hydroxylation sites is 1. The number of carboxylic acid groups (broad SMARTS) is 1. The first-order valence-corrected chi connectivity index (χ1v) is 7.58. The summed E-state index contributed by atoms with van der Waals surface area (Å²) >= 11 is 0. The molecule has 0 saturated carbocycles. The normalized spacial score (nSPS) is 11.6. The molecule has 0 aliphatic rings. The van der Waals surface area contributed by atoms with Crippen molar-refractivity contribution < 1.29 is 29.9 Å². The lowest BCUT2D eigenvalue weighted by atomic mass is 9.75. The van der Waals surface area contributed by atoms with Crippen molar-refractivity contribution >= 4 is 19.0 Å². The molecule has 130 valence electrons. The Labute approximate surface area is 144 Å². The molecule has 5 N–H and O–H groups in total. The van der Waals surface area contributed by atoms with Crippen LogP contribution in [0.3, 0.4) is 0 Å². The van der Waals surface area contributed by atoms with Crippen LogP contribution in [0, 0.1) is 6.92 Å². The minimum Gasteiger partial charge on any atom is -0.507 e. The van der Waals surface area contributed by atoms with Crippen LogP contribution >= 0.6 is 0 Å². The highest BCUT2D eigenvalue weighted by Crippen LogP contribution is 2.24. The predicted octanol–water partition coefficient (Wildman–Crippen LogP) is 0.752. The first kappa shape index (κ1) is 18.5. The van der Waals surface area contributed by atoms with Gasteiger partial charge in [0.25, 0.3) is 5.91 Å². The van der Waals surface area contributed by atoms with E-state index in [9.17, 15) is 24.7 Å². The van der Waals surface area contributed by atoms with E-state index in [4.69, 9.17) is 5.11 Å². The summed E-state index contributed by atoms with van der Waals surface area (Å²) in [6.45, 7) is 1.75. The van der Waals surface area contributed by atoms with Crippen molar-refractivity contribution in [3.8, 4) is 5.75 Å². The van der Waals surface area contributed by atoms with E-state index in [1.54, 1.807) is 31.2 Å². The molecular weight excluding hydrogens is 325 g/mol. The van der Waals surface area contributed by atoms with E-state index in [-0.39, 0.29) is 17.5 Å². The molecule has 2 rings (SSSR count). The molecule has 1 atom stereocenters. The molecule has 8 heteroatoms. The number of aryl methyl sites for hydroxylation is 1. The maximum Gasteiger partial charge on any atom is 0.475 e. The molecule has 0 bridgehead atoms. The standard InChI is InChI=1S/C17H18BNO6/c1-10-5-2-3-7-12(10)16(21)19-14(18(24)25)9-11-6-4-8-13(15(11)20)17(22)23/h2-8,14,20,24-25H,9H2,1H3,(H,19,21)(H,22,23)/t14-/m0/s1. The van der Waals surface area contributed by atoms with Crippen LogP contribution in [0.4, 0.5) is 0 Å². The van der Waals surface area contributed by atoms with Gasteiger partial charge in [-0.15, -0.1) is 0 Å². The second kappa shape index (κ2) is 7.82. The average molecular weight is 343 g/mol. The molecule has 0 heterocycles. The van der Waals surface area contributed by atoms with E-state index in [2.05, 4.69) is 5.32 Å². The van der Waals surface area contributed by atoms with E-state index in [0.717, 1.165) is 5.56 Å². The molecule has 0 aromatic heterocycles. The van der Waals surface area contributed by atoms with Crippen molar-refractivity contribution in [2.75, 3.05) is 0 Å². The van der Waals surface area contributed by atoms with E-state index in [1.165, 1.54) is 18.2 Å². The zero-order chi connectivity index (χ0) is 18.6. The summed E-state index contributed by atoms with van der Waals surface area (Å²) < 4.78 is 0. The zero-order valence-electron chi connectivity index (χ0n) is 13.5. The fourth-order valence-corrected chi connectivity index (χ4v) is 2.47. The monoisotopic (exact) mass is 343 g/mol. The smallest absolute Gasteiger partial charge is 0.475 e. The van der Waals surface area contributed by atoms with E-state index in [1.807, 2.05) is 0 Å². The molecule has 25 heavy (non-hydrogen) atoms. The molecule has 7 nitrogen and oxygen atoms in total. The van der Waals surface area contributed by atoms with Gasteiger partial charge in [-0.05, 0) is 36.6 Å². The number of carbonyl (C=O) groups excluding carboxylic acids is 1. The van der Waals surface area contributed by atoms with Gasteiger partial charge in [-0.25, -0.2) is 4.79 Å². The number of phenols is 1. The molecule has 0 fully saturated rings. The third-order valence-electron chi connectivity index (χ3n) is 3.86. The number of aromatic hydroxyl groups is 1. The summed E-state index contributed by atoms with van der Waals surface area (Å²) in [5.41, 5.74) is 0.996. The van der Waals surface area contributed by atoms with Crippen molar-refractivity contribution in [1.82, 2.24) is 5.32 Å². The number of hydrogen-bond donors (Lipinski definition) is 5. The first-order chi connectivity index (χ1) is 11.8. The summed E-state index contributed by atoms with van der Waals surface area (Å²) in [6.07, 6.45) is -0.151. The van der Waals surface area contributed by atoms with Crippen LogP contribution in [0.2, 0.25) is 0 Å². The Morgan fingerprint density at radius 3 is 2.32 bits per heavy atom. The topological polar surface area (TPSA) is 127 Å². The summed E-state index contributed by atoms with van der Waals surface area (Å²) in [5.74, 6) is -3.39. The Morgan fingerprint density at radius 2 is 1.72 bits per heavy atom. The Kier molecular flexibility index (Phi) is 5.79. The second-order valence-corrected chi connectivity index (χ2v) is 5.63. The SMILES string of the molecule is Cc1ccccc1C(=O)N[C@@H](Cc1cccc(C(=O)O)c1O)B(O)O. The summed E-state index contributed by atoms with van der Waals surface area (Å²) in [5, 5.41) is 40.7. The maximum absolute atomic E-state index is 12.3. The maximum atomic E-state index is 12.3. The molecule has 2 aromatic rings. The van der Waals surface area contributed by atoms with Crippen LogP contribution in [0.5, 0.6) is 5.75 Å². The number of carboxylic acids is 1. The number of amides is 1. The molecule has 0 aliphatic heterocycles. The number of benzene rings is 2. The minimum absolute atomic E-state index is 0.151. The van der Waals surface area contributed by atoms with Gasteiger partial charge in [0.1, 0.15) is 11.3 Å².